The number of hydrogen-bond donors (Lipinski definition) is 2. The van der Waals surface area contributed by atoms with Gasteiger partial charge >= 0.3 is 12.0 Å². The van der Waals surface area contributed by atoms with Crippen LogP contribution in [0.1, 0.15) is 26.2 Å². The molecule has 7 heteroatoms. The van der Waals surface area contributed by atoms with Crippen LogP contribution in [0.3, 0.4) is 0 Å². The zero-order chi connectivity index (χ0) is 15.3. The van der Waals surface area contributed by atoms with Crippen molar-refractivity contribution >= 4 is 17.9 Å². The Hall–Kier alpha value is -1.79. The molecule has 1 aliphatic carbocycles. The van der Waals surface area contributed by atoms with E-state index in [4.69, 9.17) is 0 Å². The van der Waals surface area contributed by atoms with E-state index in [1.54, 1.807) is 21.0 Å². The maximum Gasteiger partial charge on any atom is 0.317 e. The van der Waals surface area contributed by atoms with Crippen molar-refractivity contribution in [1.82, 2.24) is 15.1 Å². The van der Waals surface area contributed by atoms with Crippen LogP contribution in [0.5, 0.6) is 0 Å². The van der Waals surface area contributed by atoms with Gasteiger partial charge in [0, 0.05) is 27.2 Å². The fraction of sp³-hybridized carbons (Fsp3) is 0.769. The number of urea groups is 1. The Balaban J connectivity index is 2.51. The molecule has 0 aliphatic heterocycles. The summed E-state index contributed by atoms with van der Waals surface area (Å²) in [5.74, 6) is -1.03. The lowest BCUT2D eigenvalue weighted by molar-refractivity contribution is -0.153. The summed E-state index contributed by atoms with van der Waals surface area (Å²) in [5.41, 5.74) is -0.819. The Kier molecular flexibility index (Phi) is 5.35. The van der Waals surface area contributed by atoms with Crippen LogP contribution < -0.4 is 5.32 Å². The molecule has 0 aromatic carbocycles. The van der Waals surface area contributed by atoms with Gasteiger partial charge in [0.05, 0.1) is 5.41 Å². The van der Waals surface area contributed by atoms with Gasteiger partial charge in [-0.1, -0.05) is 6.42 Å². The van der Waals surface area contributed by atoms with Gasteiger partial charge in [0.25, 0.3) is 0 Å². The van der Waals surface area contributed by atoms with Crippen molar-refractivity contribution in [1.29, 1.82) is 0 Å². The van der Waals surface area contributed by atoms with Crippen molar-refractivity contribution in [2.45, 2.75) is 26.2 Å². The molecule has 7 nitrogen and oxygen atoms in total. The highest BCUT2D eigenvalue weighted by Gasteiger charge is 2.44. The third-order valence-corrected chi connectivity index (χ3v) is 3.84. The Labute approximate surface area is 118 Å². The third kappa shape index (κ3) is 3.61. The van der Waals surface area contributed by atoms with Crippen LogP contribution >= 0.6 is 0 Å². The summed E-state index contributed by atoms with van der Waals surface area (Å²) in [5, 5.41) is 11.8. The van der Waals surface area contributed by atoms with Gasteiger partial charge in [-0.15, -0.1) is 0 Å². The van der Waals surface area contributed by atoms with E-state index in [0.717, 1.165) is 6.42 Å². The second kappa shape index (κ2) is 6.58. The number of hydrogen-bond acceptors (Lipinski definition) is 3. The van der Waals surface area contributed by atoms with Crippen molar-refractivity contribution in [3.63, 3.8) is 0 Å². The first-order valence-corrected chi connectivity index (χ1v) is 6.78. The fourth-order valence-electron chi connectivity index (χ4n) is 2.06. The topological polar surface area (TPSA) is 90.0 Å². The predicted molar refractivity (Wildman–Crippen MR) is 73.3 cm³/mol. The summed E-state index contributed by atoms with van der Waals surface area (Å²) in [4.78, 5) is 37.6. The molecule has 1 saturated carbocycles. The molecule has 1 aliphatic rings. The second-order valence-corrected chi connectivity index (χ2v) is 5.40. The first kappa shape index (κ1) is 16.3. The Bertz CT molecular complexity index is 391. The normalized spacial score (nSPS) is 15.9. The summed E-state index contributed by atoms with van der Waals surface area (Å²) in [6, 6.07) is -0.393. The van der Waals surface area contributed by atoms with Gasteiger partial charge in [0.15, 0.2) is 0 Å². The van der Waals surface area contributed by atoms with E-state index >= 15 is 0 Å². The maximum absolute atomic E-state index is 12.0. The molecule has 0 atom stereocenters. The van der Waals surface area contributed by atoms with Gasteiger partial charge in [-0.05, 0) is 19.8 Å². The molecule has 0 aromatic rings. The number of rotatable bonds is 6. The number of carboxylic acids is 1. The standard InChI is InChI=1S/C13H23N3O4/c1-4-16(8-10(17)15(2)3)12(20)14-9-13(11(18)19)6-5-7-13/h4-9H2,1-3H3,(H,14,20)(H,18,19). The lowest BCUT2D eigenvalue weighted by Crippen LogP contribution is -2.52. The third-order valence-electron chi connectivity index (χ3n) is 3.84. The zero-order valence-corrected chi connectivity index (χ0v) is 12.3. The number of amides is 3. The van der Waals surface area contributed by atoms with Crippen molar-refractivity contribution in [2.75, 3.05) is 33.7 Å². The molecule has 0 saturated heterocycles. The largest absolute Gasteiger partial charge is 0.481 e. The minimum atomic E-state index is -0.864. The second-order valence-electron chi connectivity index (χ2n) is 5.40. The predicted octanol–water partition coefficient (Wildman–Crippen LogP) is 0.361. The lowest BCUT2D eigenvalue weighted by atomic mass is 9.69. The van der Waals surface area contributed by atoms with Gasteiger partial charge in [-0.3, -0.25) is 9.59 Å². The molecule has 0 spiro atoms. The average molecular weight is 285 g/mol. The van der Waals surface area contributed by atoms with E-state index in [2.05, 4.69) is 5.32 Å². The molecule has 1 fully saturated rings. The van der Waals surface area contributed by atoms with Gasteiger partial charge in [-0.25, -0.2) is 4.79 Å². The van der Waals surface area contributed by atoms with E-state index < -0.39 is 17.4 Å². The van der Waals surface area contributed by atoms with Crippen LogP contribution in [0, 0.1) is 5.41 Å². The van der Waals surface area contributed by atoms with Gasteiger partial charge in [0.2, 0.25) is 5.91 Å². The van der Waals surface area contributed by atoms with Crippen LogP contribution in [-0.2, 0) is 9.59 Å². The summed E-state index contributed by atoms with van der Waals surface area (Å²) < 4.78 is 0. The number of aliphatic carboxylic acids is 1. The number of carbonyl (C=O) groups is 3. The van der Waals surface area contributed by atoms with Crippen LogP contribution in [0.15, 0.2) is 0 Å². The van der Waals surface area contributed by atoms with Gasteiger partial charge in [0.1, 0.15) is 6.54 Å². The molecule has 0 heterocycles. The molecule has 3 amide bonds. The summed E-state index contributed by atoms with van der Waals surface area (Å²) >= 11 is 0. The fourth-order valence-corrected chi connectivity index (χ4v) is 2.06. The highest BCUT2D eigenvalue weighted by molar-refractivity contribution is 5.84. The SMILES string of the molecule is CCN(CC(=O)N(C)C)C(=O)NCC1(C(=O)O)CCC1. The van der Waals surface area contributed by atoms with Crippen LogP contribution in [0.2, 0.25) is 0 Å². The van der Waals surface area contributed by atoms with Crippen molar-refractivity contribution in [2.24, 2.45) is 5.41 Å². The van der Waals surface area contributed by atoms with Crippen molar-refractivity contribution in [3.8, 4) is 0 Å². The Morgan fingerprint density at radius 1 is 1.25 bits per heavy atom. The van der Waals surface area contributed by atoms with E-state index in [1.165, 1.54) is 9.80 Å². The summed E-state index contributed by atoms with van der Waals surface area (Å²) in [6.45, 7) is 2.29. The average Bonchev–Trinajstić information content (AvgIpc) is 2.33. The molecule has 1 rings (SSSR count). The number of carbonyl (C=O) groups excluding carboxylic acids is 2. The zero-order valence-electron chi connectivity index (χ0n) is 12.3. The number of nitrogens with zero attached hydrogens (tertiary/aromatic N) is 2. The molecule has 0 aromatic heterocycles. The number of carboxylic acid groups (broad SMARTS) is 1. The van der Waals surface area contributed by atoms with Crippen LogP contribution in [0.4, 0.5) is 4.79 Å². The minimum Gasteiger partial charge on any atom is -0.481 e. The lowest BCUT2D eigenvalue weighted by Gasteiger charge is -2.38. The van der Waals surface area contributed by atoms with Crippen molar-refractivity contribution < 1.29 is 19.5 Å². The minimum absolute atomic E-state index is 0.00456. The Morgan fingerprint density at radius 3 is 2.20 bits per heavy atom. The van der Waals surface area contributed by atoms with E-state index in [0.29, 0.717) is 19.4 Å². The van der Waals surface area contributed by atoms with Gasteiger partial charge in [-0.2, -0.15) is 0 Å². The van der Waals surface area contributed by atoms with E-state index in [-0.39, 0.29) is 19.0 Å². The van der Waals surface area contributed by atoms with E-state index in [9.17, 15) is 19.5 Å². The molecular formula is C13H23N3O4. The van der Waals surface area contributed by atoms with Crippen LogP contribution in [0.25, 0.3) is 0 Å². The first-order valence-electron chi connectivity index (χ1n) is 6.78. The quantitative estimate of drug-likeness (QED) is 0.737. The van der Waals surface area contributed by atoms with Gasteiger partial charge < -0.3 is 20.2 Å². The molecule has 20 heavy (non-hydrogen) atoms. The Morgan fingerprint density at radius 2 is 1.85 bits per heavy atom. The number of likely N-dealkylation sites (N-methyl/N-ethyl adjacent to an activating group) is 2. The highest BCUT2D eigenvalue weighted by Crippen LogP contribution is 2.40. The molecule has 2 N–H and O–H groups in total. The monoisotopic (exact) mass is 285 g/mol. The molecule has 0 radical (unpaired) electrons. The summed E-state index contributed by atoms with van der Waals surface area (Å²) in [7, 11) is 3.25. The molecular weight excluding hydrogens is 262 g/mol. The van der Waals surface area contributed by atoms with E-state index in [1.807, 2.05) is 0 Å². The number of nitrogens with one attached hydrogen (secondary N) is 1. The molecule has 114 valence electrons. The van der Waals surface area contributed by atoms with Crippen molar-refractivity contribution in [3.05, 3.63) is 0 Å². The van der Waals surface area contributed by atoms with Crippen LogP contribution in [-0.4, -0.2) is 66.5 Å². The first-order chi connectivity index (χ1) is 9.32. The smallest absolute Gasteiger partial charge is 0.317 e. The summed E-state index contributed by atoms with van der Waals surface area (Å²) in [6.07, 6.45) is 2.05. The maximum atomic E-state index is 12.0. The molecule has 0 unspecified atom stereocenters. The molecule has 0 bridgehead atoms. The highest BCUT2D eigenvalue weighted by atomic mass is 16.4.